The molecule has 0 aliphatic carbocycles. The molecular formula is C19H19N3O3S. The van der Waals surface area contributed by atoms with Crippen LogP contribution in [0.15, 0.2) is 78.0 Å². The second kappa shape index (κ2) is 7.55. The van der Waals surface area contributed by atoms with Gasteiger partial charge in [0.1, 0.15) is 0 Å². The van der Waals surface area contributed by atoms with Crippen LogP contribution in [0.1, 0.15) is 22.8 Å². The second-order valence-electron chi connectivity index (χ2n) is 5.66. The van der Waals surface area contributed by atoms with Gasteiger partial charge in [0.2, 0.25) is 0 Å². The highest BCUT2D eigenvalue weighted by atomic mass is 32.2. The largest absolute Gasteiger partial charge is 0.323 e. The number of carbonyl (C=O) groups excluding carboxylic acids is 1. The van der Waals surface area contributed by atoms with Crippen LogP contribution in [0.4, 0.5) is 0 Å². The van der Waals surface area contributed by atoms with Gasteiger partial charge in [-0.25, -0.2) is 8.42 Å². The first kappa shape index (κ1) is 17.9. The van der Waals surface area contributed by atoms with Gasteiger partial charge in [-0.15, -0.1) is 4.83 Å². The number of carbonyl (C=O) groups is 1. The molecule has 2 aromatic carbocycles. The molecular weight excluding hydrogens is 350 g/mol. The Labute approximate surface area is 152 Å². The quantitative estimate of drug-likeness (QED) is 0.656. The zero-order valence-corrected chi connectivity index (χ0v) is 15.0. The maximum Gasteiger partial charge on any atom is 0.268 e. The molecule has 0 bridgehead atoms. The molecule has 0 fully saturated rings. The molecule has 2 N–H and O–H groups in total. The molecule has 6 nitrogen and oxygen atoms in total. The third-order valence-electron chi connectivity index (χ3n) is 3.97. The van der Waals surface area contributed by atoms with Gasteiger partial charge in [-0.2, -0.15) is 0 Å². The summed E-state index contributed by atoms with van der Waals surface area (Å²) >= 11 is 0. The molecule has 1 aromatic heterocycles. The first-order valence-corrected chi connectivity index (χ1v) is 9.63. The van der Waals surface area contributed by atoms with Crippen LogP contribution in [0.25, 0.3) is 5.69 Å². The predicted octanol–water partition coefficient (Wildman–Crippen LogP) is 2.66. The Morgan fingerprint density at radius 3 is 2.27 bits per heavy atom. The van der Waals surface area contributed by atoms with Crippen molar-refractivity contribution in [3.63, 3.8) is 0 Å². The number of hydrogen-bond donors (Lipinski definition) is 2. The average molecular weight is 369 g/mol. The molecule has 0 saturated heterocycles. The van der Waals surface area contributed by atoms with Gasteiger partial charge in [-0.1, -0.05) is 31.2 Å². The summed E-state index contributed by atoms with van der Waals surface area (Å²) in [6.07, 6.45) is 4.44. The molecule has 0 aliphatic rings. The van der Waals surface area contributed by atoms with Crippen molar-refractivity contribution >= 4 is 15.9 Å². The third kappa shape index (κ3) is 3.84. The highest BCUT2D eigenvalue weighted by Crippen LogP contribution is 2.15. The maximum atomic E-state index is 12.5. The van der Waals surface area contributed by atoms with E-state index < -0.39 is 15.9 Å². The van der Waals surface area contributed by atoms with Crippen LogP contribution in [0.3, 0.4) is 0 Å². The number of hydrogen-bond acceptors (Lipinski definition) is 3. The van der Waals surface area contributed by atoms with Gasteiger partial charge in [-0.3, -0.25) is 10.2 Å². The topological polar surface area (TPSA) is 80.2 Å². The van der Waals surface area contributed by atoms with Gasteiger partial charge in [0, 0.05) is 12.4 Å². The van der Waals surface area contributed by atoms with Crippen LogP contribution in [0, 0.1) is 0 Å². The number of hydrazine groups is 1. The molecule has 7 heteroatoms. The number of amides is 1. The predicted molar refractivity (Wildman–Crippen MR) is 99.4 cm³/mol. The number of nitrogens with zero attached hydrogens (tertiary/aromatic N) is 1. The van der Waals surface area contributed by atoms with Gasteiger partial charge in [0.25, 0.3) is 15.9 Å². The number of aromatic nitrogens is 1. The second-order valence-corrected chi connectivity index (χ2v) is 7.35. The van der Waals surface area contributed by atoms with E-state index in [9.17, 15) is 13.2 Å². The highest BCUT2D eigenvalue weighted by molar-refractivity contribution is 7.89. The van der Waals surface area contributed by atoms with E-state index >= 15 is 0 Å². The number of benzene rings is 2. The summed E-state index contributed by atoms with van der Waals surface area (Å²) in [6, 6.07) is 17.2. The lowest BCUT2D eigenvalue weighted by atomic mass is 10.1. The van der Waals surface area contributed by atoms with E-state index in [1.54, 1.807) is 34.9 Å². The lowest BCUT2D eigenvalue weighted by Gasteiger charge is -2.12. The highest BCUT2D eigenvalue weighted by Gasteiger charge is 2.17. The van der Waals surface area contributed by atoms with Crippen LogP contribution in [-0.4, -0.2) is 18.9 Å². The van der Waals surface area contributed by atoms with Gasteiger partial charge >= 0.3 is 0 Å². The Hall–Kier alpha value is -2.90. The lowest BCUT2D eigenvalue weighted by Crippen LogP contribution is -2.41. The van der Waals surface area contributed by atoms with Crippen molar-refractivity contribution in [2.24, 2.45) is 0 Å². The van der Waals surface area contributed by atoms with Crippen molar-refractivity contribution in [2.75, 3.05) is 0 Å². The van der Waals surface area contributed by atoms with Gasteiger partial charge in [0.05, 0.1) is 16.1 Å². The van der Waals surface area contributed by atoms with Crippen molar-refractivity contribution in [3.8, 4) is 5.69 Å². The summed E-state index contributed by atoms with van der Waals surface area (Å²) in [5, 5.41) is 0. The summed E-state index contributed by atoms with van der Waals surface area (Å²) in [7, 11) is -3.84. The number of nitrogens with one attached hydrogen (secondary N) is 2. The van der Waals surface area contributed by atoms with E-state index in [-0.39, 0.29) is 4.90 Å². The van der Waals surface area contributed by atoms with Crippen LogP contribution >= 0.6 is 0 Å². The van der Waals surface area contributed by atoms with E-state index in [0.717, 1.165) is 12.0 Å². The van der Waals surface area contributed by atoms with Gasteiger partial charge in [-0.05, 0) is 48.4 Å². The zero-order chi connectivity index (χ0) is 18.6. The minimum atomic E-state index is -3.84. The molecule has 1 amide bonds. The molecule has 0 radical (unpaired) electrons. The summed E-state index contributed by atoms with van der Waals surface area (Å²) in [6.45, 7) is 1.99. The monoisotopic (exact) mass is 369 g/mol. The van der Waals surface area contributed by atoms with Gasteiger partial charge < -0.3 is 4.57 Å². The Morgan fingerprint density at radius 1 is 0.962 bits per heavy atom. The molecule has 0 atom stereocenters. The van der Waals surface area contributed by atoms with E-state index in [1.165, 1.54) is 12.1 Å². The molecule has 0 unspecified atom stereocenters. The van der Waals surface area contributed by atoms with Crippen molar-refractivity contribution in [3.05, 3.63) is 84.2 Å². The number of rotatable bonds is 6. The smallest absolute Gasteiger partial charge is 0.268 e. The SMILES string of the molecule is CCc1ccc(S(=O)(=O)NNC(=O)c2ccccc2-n2cccc2)cc1. The fourth-order valence-electron chi connectivity index (χ4n) is 2.53. The molecule has 0 saturated carbocycles. The van der Waals surface area contributed by atoms with Crippen molar-refractivity contribution in [1.82, 2.24) is 14.8 Å². The molecule has 26 heavy (non-hydrogen) atoms. The third-order valence-corrected chi connectivity index (χ3v) is 5.24. The van der Waals surface area contributed by atoms with Crippen LogP contribution in [-0.2, 0) is 16.4 Å². The van der Waals surface area contributed by atoms with Crippen LogP contribution in [0.5, 0.6) is 0 Å². The Kier molecular flexibility index (Phi) is 5.20. The molecule has 1 heterocycles. The average Bonchev–Trinajstić information content (AvgIpc) is 3.21. The fraction of sp³-hybridized carbons (Fsp3) is 0.105. The van der Waals surface area contributed by atoms with E-state index in [0.29, 0.717) is 11.3 Å². The van der Waals surface area contributed by atoms with Crippen molar-refractivity contribution in [1.29, 1.82) is 0 Å². The first-order chi connectivity index (χ1) is 12.5. The van der Waals surface area contributed by atoms with Gasteiger partial charge in [0.15, 0.2) is 0 Å². The zero-order valence-electron chi connectivity index (χ0n) is 14.2. The summed E-state index contributed by atoms with van der Waals surface area (Å²) in [5.74, 6) is -0.539. The number of sulfonamides is 1. The molecule has 0 aliphatic heterocycles. The van der Waals surface area contributed by atoms with Crippen molar-refractivity contribution < 1.29 is 13.2 Å². The minimum absolute atomic E-state index is 0.0914. The van der Waals surface area contributed by atoms with Crippen LogP contribution in [0.2, 0.25) is 0 Å². The summed E-state index contributed by atoms with van der Waals surface area (Å²) in [5.41, 5.74) is 4.32. The molecule has 0 spiro atoms. The fourth-order valence-corrected chi connectivity index (χ4v) is 3.37. The van der Waals surface area contributed by atoms with E-state index in [4.69, 9.17) is 0 Å². The normalized spacial score (nSPS) is 11.3. The molecule has 134 valence electrons. The van der Waals surface area contributed by atoms with E-state index in [1.807, 2.05) is 37.5 Å². The molecule has 3 rings (SSSR count). The maximum absolute atomic E-state index is 12.5. The van der Waals surface area contributed by atoms with Crippen molar-refractivity contribution in [2.45, 2.75) is 18.2 Å². The Bertz CT molecular complexity index is 995. The minimum Gasteiger partial charge on any atom is -0.323 e. The van der Waals surface area contributed by atoms with Crippen LogP contribution < -0.4 is 10.3 Å². The standard InChI is InChI=1S/C19H19N3O3S/c1-2-15-9-11-16(12-10-15)26(24,25)21-20-19(23)17-7-3-4-8-18(17)22-13-5-6-14-22/h3-14,21H,2H2,1H3,(H,20,23). The lowest BCUT2D eigenvalue weighted by molar-refractivity contribution is 0.0945. The summed E-state index contributed by atoms with van der Waals surface area (Å²) < 4.78 is 26.5. The number of para-hydroxylation sites is 1. The first-order valence-electron chi connectivity index (χ1n) is 8.15. The number of aryl methyl sites for hydroxylation is 1. The Balaban J connectivity index is 1.77. The summed E-state index contributed by atoms with van der Waals surface area (Å²) in [4.78, 5) is 14.7. The molecule has 3 aromatic rings. The Morgan fingerprint density at radius 2 is 1.62 bits per heavy atom. The van der Waals surface area contributed by atoms with E-state index in [2.05, 4.69) is 10.3 Å².